The minimum Gasteiger partial charge on any atom is -0.393 e. The molecule has 14 heavy (non-hydrogen) atoms. The van der Waals surface area contributed by atoms with Crippen molar-refractivity contribution in [3.8, 4) is 0 Å². The van der Waals surface area contributed by atoms with Crippen LogP contribution in [0.15, 0.2) is 30.3 Å². The van der Waals surface area contributed by atoms with Crippen LogP contribution in [-0.4, -0.2) is 16.3 Å². The highest BCUT2D eigenvalue weighted by molar-refractivity contribution is 5.17. The van der Waals surface area contributed by atoms with Gasteiger partial charge >= 0.3 is 0 Å². The first-order chi connectivity index (χ1) is 6.61. The Morgan fingerprint density at radius 1 is 1.07 bits per heavy atom. The predicted molar refractivity (Wildman–Crippen MR) is 56.9 cm³/mol. The van der Waals surface area contributed by atoms with Gasteiger partial charge in [0.05, 0.1) is 12.2 Å². The van der Waals surface area contributed by atoms with Crippen molar-refractivity contribution in [2.45, 2.75) is 32.5 Å². The second-order valence-electron chi connectivity index (χ2n) is 3.88. The summed E-state index contributed by atoms with van der Waals surface area (Å²) in [7, 11) is 0. The van der Waals surface area contributed by atoms with E-state index in [-0.39, 0.29) is 12.0 Å². The van der Waals surface area contributed by atoms with Crippen molar-refractivity contribution >= 4 is 0 Å². The molecule has 0 aliphatic carbocycles. The summed E-state index contributed by atoms with van der Waals surface area (Å²) in [5.74, 6) is 0.116. The van der Waals surface area contributed by atoms with Gasteiger partial charge in [-0.25, -0.2) is 0 Å². The molecule has 3 atom stereocenters. The molecule has 0 spiro atoms. The van der Waals surface area contributed by atoms with E-state index in [1.165, 1.54) is 0 Å². The highest BCUT2D eigenvalue weighted by Gasteiger charge is 2.15. The standard InChI is InChI=1S/C12H18O2/c1-9(10(2)13)8-12(14)11-6-4-3-5-7-11/h3-7,9-10,12-14H,8H2,1-2H3/t9-,10+,12+/m0/s1. The van der Waals surface area contributed by atoms with E-state index < -0.39 is 6.10 Å². The second-order valence-corrected chi connectivity index (χ2v) is 3.88. The van der Waals surface area contributed by atoms with Gasteiger partial charge in [-0.1, -0.05) is 37.3 Å². The van der Waals surface area contributed by atoms with Crippen LogP contribution in [0, 0.1) is 5.92 Å². The number of rotatable bonds is 4. The molecule has 0 unspecified atom stereocenters. The molecule has 0 heterocycles. The lowest BCUT2D eigenvalue weighted by Crippen LogP contribution is -2.16. The zero-order valence-corrected chi connectivity index (χ0v) is 8.72. The van der Waals surface area contributed by atoms with Crippen molar-refractivity contribution in [1.82, 2.24) is 0 Å². The molecule has 2 heteroatoms. The van der Waals surface area contributed by atoms with Crippen LogP contribution in [0.25, 0.3) is 0 Å². The van der Waals surface area contributed by atoms with E-state index in [2.05, 4.69) is 0 Å². The lowest BCUT2D eigenvalue weighted by Gasteiger charge is -2.18. The molecule has 0 aliphatic heterocycles. The molecule has 0 aliphatic rings. The second kappa shape index (κ2) is 5.13. The topological polar surface area (TPSA) is 40.5 Å². The van der Waals surface area contributed by atoms with Crippen LogP contribution in [0.3, 0.4) is 0 Å². The number of benzene rings is 1. The number of aliphatic hydroxyl groups is 2. The molecule has 0 saturated carbocycles. The first kappa shape index (κ1) is 11.2. The smallest absolute Gasteiger partial charge is 0.0793 e. The maximum Gasteiger partial charge on any atom is 0.0793 e. The van der Waals surface area contributed by atoms with Crippen molar-refractivity contribution in [1.29, 1.82) is 0 Å². The Morgan fingerprint density at radius 2 is 1.64 bits per heavy atom. The summed E-state index contributed by atoms with van der Waals surface area (Å²) < 4.78 is 0. The van der Waals surface area contributed by atoms with Crippen molar-refractivity contribution < 1.29 is 10.2 Å². The Balaban J connectivity index is 2.55. The van der Waals surface area contributed by atoms with Gasteiger partial charge in [-0.15, -0.1) is 0 Å². The van der Waals surface area contributed by atoms with Crippen molar-refractivity contribution in [3.63, 3.8) is 0 Å². The Hall–Kier alpha value is -0.860. The third kappa shape index (κ3) is 3.13. The van der Waals surface area contributed by atoms with Gasteiger partial charge in [-0.2, -0.15) is 0 Å². The zero-order chi connectivity index (χ0) is 10.6. The third-order valence-electron chi connectivity index (χ3n) is 2.60. The molecule has 0 aromatic heterocycles. The van der Waals surface area contributed by atoms with E-state index in [9.17, 15) is 10.2 Å². The summed E-state index contributed by atoms with van der Waals surface area (Å²) in [5.41, 5.74) is 0.917. The van der Waals surface area contributed by atoms with Crippen LogP contribution in [0.1, 0.15) is 31.9 Å². The van der Waals surface area contributed by atoms with Crippen LogP contribution in [-0.2, 0) is 0 Å². The highest BCUT2D eigenvalue weighted by atomic mass is 16.3. The minimum atomic E-state index is -0.471. The molecule has 0 saturated heterocycles. The Labute approximate surface area is 85.2 Å². The molecular formula is C12H18O2. The predicted octanol–water partition coefficient (Wildman–Crippen LogP) is 2.13. The SMILES string of the molecule is C[C@@H](O)[C@@H](C)C[C@@H](O)c1ccccc1. The fourth-order valence-electron chi connectivity index (χ4n) is 1.36. The first-order valence-corrected chi connectivity index (χ1v) is 5.02. The lowest BCUT2D eigenvalue weighted by atomic mass is 9.95. The Morgan fingerprint density at radius 3 is 2.14 bits per heavy atom. The van der Waals surface area contributed by atoms with Gasteiger partial charge in [0.2, 0.25) is 0 Å². The third-order valence-corrected chi connectivity index (χ3v) is 2.60. The average molecular weight is 194 g/mol. The number of aliphatic hydroxyl groups excluding tert-OH is 2. The molecular weight excluding hydrogens is 176 g/mol. The molecule has 0 bridgehead atoms. The van der Waals surface area contributed by atoms with Crippen molar-refractivity contribution in [2.24, 2.45) is 5.92 Å². The summed E-state index contributed by atoms with van der Waals surface area (Å²) in [6.07, 6.45) is -0.240. The van der Waals surface area contributed by atoms with Gasteiger partial charge in [-0.3, -0.25) is 0 Å². The molecule has 1 aromatic carbocycles. The summed E-state index contributed by atoms with van der Waals surface area (Å²) in [6, 6.07) is 9.55. The van der Waals surface area contributed by atoms with Gasteiger partial charge in [0.1, 0.15) is 0 Å². The summed E-state index contributed by atoms with van der Waals surface area (Å²) in [5, 5.41) is 19.1. The van der Waals surface area contributed by atoms with Crippen molar-refractivity contribution in [2.75, 3.05) is 0 Å². The molecule has 78 valence electrons. The summed E-state index contributed by atoms with van der Waals surface area (Å²) >= 11 is 0. The van der Waals surface area contributed by atoms with Crippen LogP contribution in [0.2, 0.25) is 0 Å². The van der Waals surface area contributed by atoms with E-state index in [0.29, 0.717) is 6.42 Å². The maximum absolute atomic E-state index is 9.83. The Bertz CT molecular complexity index is 256. The molecule has 1 rings (SSSR count). The van der Waals surface area contributed by atoms with E-state index in [1.54, 1.807) is 6.92 Å². The van der Waals surface area contributed by atoms with Gasteiger partial charge in [0.25, 0.3) is 0 Å². The zero-order valence-electron chi connectivity index (χ0n) is 8.72. The highest BCUT2D eigenvalue weighted by Crippen LogP contribution is 2.22. The van der Waals surface area contributed by atoms with Gasteiger partial charge < -0.3 is 10.2 Å². The van der Waals surface area contributed by atoms with E-state index in [0.717, 1.165) is 5.56 Å². The fourth-order valence-corrected chi connectivity index (χ4v) is 1.36. The largest absolute Gasteiger partial charge is 0.393 e. The quantitative estimate of drug-likeness (QED) is 0.770. The molecule has 0 fully saturated rings. The molecule has 1 aromatic rings. The maximum atomic E-state index is 9.83. The van der Waals surface area contributed by atoms with Gasteiger partial charge in [0, 0.05) is 0 Å². The fraction of sp³-hybridized carbons (Fsp3) is 0.500. The summed E-state index contributed by atoms with van der Waals surface area (Å²) in [6.45, 7) is 3.69. The van der Waals surface area contributed by atoms with Crippen LogP contribution in [0.4, 0.5) is 0 Å². The van der Waals surface area contributed by atoms with Crippen molar-refractivity contribution in [3.05, 3.63) is 35.9 Å². The van der Waals surface area contributed by atoms with Crippen LogP contribution >= 0.6 is 0 Å². The summed E-state index contributed by atoms with van der Waals surface area (Å²) in [4.78, 5) is 0. The number of hydrogen-bond acceptors (Lipinski definition) is 2. The van der Waals surface area contributed by atoms with E-state index in [4.69, 9.17) is 0 Å². The lowest BCUT2D eigenvalue weighted by molar-refractivity contribution is 0.0799. The monoisotopic (exact) mass is 194 g/mol. The van der Waals surface area contributed by atoms with Gasteiger partial charge in [0.15, 0.2) is 0 Å². The molecule has 0 amide bonds. The van der Waals surface area contributed by atoms with Gasteiger partial charge in [-0.05, 0) is 24.8 Å². The Kier molecular flexibility index (Phi) is 4.11. The molecule has 2 nitrogen and oxygen atoms in total. The molecule has 0 radical (unpaired) electrons. The van der Waals surface area contributed by atoms with Crippen LogP contribution < -0.4 is 0 Å². The van der Waals surface area contributed by atoms with Crippen LogP contribution in [0.5, 0.6) is 0 Å². The van der Waals surface area contributed by atoms with E-state index in [1.807, 2.05) is 37.3 Å². The molecule has 2 N–H and O–H groups in total. The first-order valence-electron chi connectivity index (χ1n) is 5.02. The number of hydrogen-bond donors (Lipinski definition) is 2. The average Bonchev–Trinajstić information content (AvgIpc) is 2.19. The minimum absolute atomic E-state index is 0.116. The van der Waals surface area contributed by atoms with E-state index >= 15 is 0 Å². The normalized spacial score (nSPS) is 17.4.